The molecule has 1 saturated heterocycles. The smallest absolute Gasteiger partial charge is 0.306 e. The number of aromatic nitrogens is 3. The summed E-state index contributed by atoms with van der Waals surface area (Å²) in [6.45, 7) is 4.47. The third-order valence-corrected chi connectivity index (χ3v) is 5.23. The van der Waals surface area contributed by atoms with Gasteiger partial charge in [0.25, 0.3) is 0 Å². The Kier molecular flexibility index (Phi) is 7.13. The van der Waals surface area contributed by atoms with Gasteiger partial charge in [-0.1, -0.05) is 20.8 Å². The molecule has 33 heavy (non-hydrogen) atoms. The van der Waals surface area contributed by atoms with Crippen LogP contribution in [0.25, 0.3) is 5.52 Å². The zero-order valence-electron chi connectivity index (χ0n) is 18.5. The van der Waals surface area contributed by atoms with Crippen LogP contribution in [-0.2, 0) is 38.9 Å². The predicted molar refractivity (Wildman–Crippen MR) is 111 cm³/mol. The van der Waals surface area contributed by atoms with Crippen molar-refractivity contribution < 1.29 is 33.3 Å². The van der Waals surface area contributed by atoms with Gasteiger partial charge in [0.05, 0.1) is 5.69 Å². The first kappa shape index (κ1) is 23.9. The molecule has 0 amide bonds. The molecule has 12 heteroatoms. The lowest BCUT2D eigenvalue weighted by molar-refractivity contribution is -0.169. The first-order chi connectivity index (χ1) is 15.8. The van der Waals surface area contributed by atoms with E-state index in [0.29, 0.717) is 5.52 Å². The maximum Gasteiger partial charge on any atom is 0.306 e. The molecule has 12 nitrogen and oxygen atoms in total. The molecular formula is C21H25N5O7. The van der Waals surface area contributed by atoms with Gasteiger partial charge in [0.1, 0.15) is 30.6 Å². The fraction of sp³-hybridized carbons (Fsp3) is 0.524. The summed E-state index contributed by atoms with van der Waals surface area (Å²) < 4.78 is 23.8. The number of carbonyl (C=O) groups is 3. The molecule has 0 bridgehead atoms. The minimum absolute atomic E-state index is 0.00591. The molecular weight excluding hydrogens is 434 g/mol. The van der Waals surface area contributed by atoms with Gasteiger partial charge < -0.3 is 24.7 Å². The van der Waals surface area contributed by atoms with Crippen LogP contribution in [0.4, 0.5) is 5.82 Å². The molecule has 2 N–H and O–H groups in total. The van der Waals surface area contributed by atoms with Gasteiger partial charge in [0.15, 0.2) is 18.0 Å². The lowest BCUT2D eigenvalue weighted by Crippen LogP contribution is -2.46. The molecule has 3 heterocycles. The summed E-state index contributed by atoms with van der Waals surface area (Å²) >= 11 is 0. The maximum absolute atomic E-state index is 12.3. The second-order valence-electron chi connectivity index (χ2n) is 7.27. The van der Waals surface area contributed by atoms with Crippen LogP contribution < -0.4 is 5.73 Å². The van der Waals surface area contributed by atoms with E-state index in [1.807, 2.05) is 0 Å². The quantitative estimate of drug-likeness (QED) is 0.442. The van der Waals surface area contributed by atoms with Crippen molar-refractivity contribution >= 4 is 29.2 Å². The number of hydrogen-bond donors (Lipinski definition) is 1. The molecule has 1 aliphatic heterocycles. The van der Waals surface area contributed by atoms with Crippen LogP contribution in [0.15, 0.2) is 18.5 Å². The van der Waals surface area contributed by atoms with Crippen LogP contribution in [-0.4, -0.2) is 57.4 Å². The highest BCUT2D eigenvalue weighted by molar-refractivity contribution is 5.71. The van der Waals surface area contributed by atoms with Crippen LogP contribution in [0.3, 0.4) is 0 Å². The Labute approximate surface area is 189 Å². The van der Waals surface area contributed by atoms with Gasteiger partial charge in [-0.25, -0.2) is 9.50 Å². The lowest BCUT2D eigenvalue weighted by Gasteiger charge is -2.28. The van der Waals surface area contributed by atoms with Crippen molar-refractivity contribution in [2.45, 2.75) is 63.9 Å². The predicted octanol–water partition coefficient (Wildman–Crippen LogP) is 1.03. The van der Waals surface area contributed by atoms with Crippen LogP contribution in [0.2, 0.25) is 0 Å². The van der Waals surface area contributed by atoms with Crippen molar-refractivity contribution in [3.8, 4) is 6.07 Å². The molecule has 2 aromatic heterocycles. The fourth-order valence-electron chi connectivity index (χ4n) is 3.54. The number of nitrogens with two attached hydrogens (primary N) is 1. The summed E-state index contributed by atoms with van der Waals surface area (Å²) in [7, 11) is 0. The number of nitriles is 1. The standard InChI is InChI=1S/C21H25N5O7/c1-4-15(27)30-9-13-18(31-16(28)5-2)19(32-17(29)6-3)21(10-22,33-13)14-8-7-12-20(23)24-11-25-26(12)14/h7-8,11,13,18-19H,4-6,9H2,1-3H3,(H2,23,24,25)/t13-,18+,19+,21-/m0/s1. The number of esters is 3. The molecule has 2 aromatic rings. The summed E-state index contributed by atoms with van der Waals surface area (Å²) in [6.07, 6.45) is -2.32. The molecule has 0 aromatic carbocycles. The van der Waals surface area contributed by atoms with E-state index in [1.165, 1.54) is 16.9 Å². The molecule has 0 radical (unpaired) electrons. The second-order valence-corrected chi connectivity index (χ2v) is 7.27. The summed E-state index contributed by atoms with van der Waals surface area (Å²) in [5.74, 6) is -1.59. The topological polar surface area (TPSA) is 168 Å². The molecule has 4 atom stereocenters. The van der Waals surface area contributed by atoms with E-state index in [1.54, 1.807) is 26.8 Å². The third kappa shape index (κ3) is 4.45. The zero-order valence-corrected chi connectivity index (χ0v) is 18.5. The van der Waals surface area contributed by atoms with Gasteiger partial charge in [0, 0.05) is 19.3 Å². The second kappa shape index (κ2) is 9.83. The van der Waals surface area contributed by atoms with Crippen molar-refractivity contribution in [2.24, 2.45) is 0 Å². The summed E-state index contributed by atoms with van der Waals surface area (Å²) in [6, 6.07) is 5.19. The van der Waals surface area contributed by atoms with Crippen LogP contribution in [0, 0.1) is 11.3 Å². The largest absolute Gasteiger partial charge is 0.463 e. The Morgan fingerprint density at radius 2 is 1.82 bits per heavy atom. The molecule has 0 spiro atoms. The van der Waals surface area contributed by atoms with Crippen LogP contribution in [0.5, 0.6) is 0 Å². The first-order valence-electron chi connectivity index (χ1n) is 10.5. The lowest BCUT2D eigenvalue weighted by atomic mass is 9.92. The Morgan fingerprint density at radius 3 is 2.45 bits per heavy atom. The molecule has 176 valence electrons. The van der Waals surface area contributed by atoms with E-state index in [2.05, 4.69) is 16.2 Å². The van der Waals surface area contributed by atoms with Crippen molar-refractivity contribution in [3.63, 3.8) is 0 Å². The summed E-state index contributed by atoms with van der Waals surface area (Å²) in [5, 5.41) is 14.5. The van der Waals surface area contributed by atoms with Crippen molar-refractivity contribution in [1.29, 1.82) is 5.26 Å². The SMILES string of the molecule is CCC(=O)OC[C@@H]1O[C@@](C#N)(c2ccc3c(N)ncnn23)[C@H](OC(=O)CC)[C@@H]1OC(=O)CC. The Hall–Kier alpha value is -3.72. The fourth-order valence-corrected chi connectivity index (χ4v) is 3.54. The van der Waals surface area contributed by atoms with E-state index in [0.717, 1.165) is 0 Å². The number of anilines is 1. The average Bonchev–Trinajstić information content (AvgIpc) is 3.38. The molecule has 3 rings (SSSR count). The number of ether oxygens (including phenoxy) is 4. The molecule has 1 aliphatic rings. The molecule has 1 fully saturated rings. The minimum Gasteiger partial charge on any atom is -0.463 e. The Bertz CT molecular complexity index is 1090. The number of fused-ring (bicyclic) bond motifs is 1. The molecule has 0 aliphatic carbocycles. The van der Waals surface area contributed by atoms with E-state index in [-0.39, 0.29) is 37.4 Å². The highest BCUT2D eigenvalue weighted by Crippen LogP contribution is 2.43. The minimum atomic E-state index is -1.94. The van der Waals surface area contributed by atoms with Crippen molar-refractivity contribution in [3.05, 3.63) is 24.2 Å². The van der Waals surface area contributed by atoms with Gasteiger partial charge in [-0.05, 0) is 12.1 Å². The zero-order chi connectivity index (χ0) is 24.2. The van der Waals surface area contributed by atoms with Gasteiger partial charge in [-0.3, -0.25) is 14.4 Å². The van der Waals surface area contributed by atoms with Gasteiger partial charge >= 0.3 is 17.9 Å². The Morgan fingerprint density at radius 1 is 1.15 bits per heavy atom. The van der Waals surface area contributed by atoms with E-state index >= 15 is 0 Å². The number of hydrogen-bond acceptors (Lipinski definition) is 11. The summed E-state index contributed by atoms with van der Waals surface area (Å²) in [5.41, 5.74) is 4.55. The Balaban J connectivity index is 2.15. The van der Waals surface area contributed by atoms with Crippen LogP contribution in [0.1, 0.15) is 45.7 Å². The highest BCUT2D eigenvalue weighted by atomic mass is 16.7. The van der Waals surface area contributed by atoms with E-state index < -0.39 is 41.8 Å². The molecule has 0 saturated carbocycles. The highest BCUT2D eigenvalue weighted by Gasteiger charge is 2.62. The maximum atomic E-state index is 12.3. The molecule has 0 unspecified atom stereocenters. The van der Waals surface area contributed by atoms with Crippen molar-refractivity contribution in [2.75, 3.05) is 12.3 Å². The number of rotatable bonds is 8. The monoisotopic (exact) mass is 459 g/mol. The van der Waals surface area contributed by atoms with Crippen LogP contribution >= 0.6 is 0 Å². The van der Waals surface area contributed by atoms with Crippen molar-refractivity contribution in [1.82, 2.24) is 14.6 Å². The van der Waals surface area contributed by atoms with E-state index in [4.69, 9.17) is 24.7 Å². The normalized spacial score (nSPS) is 24.2. The van der Waals surface area contributed by atoms with Gasteiger partial charge in [0.2, 0.25) is 5.60 Å². The van der Waals surface area contributed by atoms with Gasteiger partial charge in [-0.2, -0.15) is 10.4 Å². The first-order valence-corrected chi connectivity index (χ1v) is 10.5. The summed E-state index contributed by atoms with van der Waals surface area (Å²) in [4.78, 5) is 40.2. The average molecular weight is 459 g/mol. The van der Waals surface area contributed by atoms with E-state index in [9.17, 15) is 19.6 Å². The van der Waals surface area contributed by atoms with Gasteiger partial charge in [-0.15, -0.1) is 0 Å². The third-order valence-electron chi connectivity index (χ3n) is 5.23. The number of nitrogen functional groups attached to an aromatic ring is 1. The number of carbonyl (C=O) groups excluding carboxylic acids is 3. The number of nitrogens with zero attached hydrogens (tertiary/aromatic N) is 4.